The van der Waals surface area contributed by atoms with Crippen LogP contribution in [0.5, 0.6) is 0 Å². The summed E-state index contributed by atoms with van der Waals surface area (Å²) in [7, 11) is 1.85. The van der Waals surface area contributed by atoms with Crippen LogP contribution in [-0.2, 0) is 0 Å². The number of halogens is 1. The molecule has 0 radical (unpaired) electrons. The summed E-state index contributed by atoms with van der Waals surface area (Å²) in [4.78, 5) is 11.6. The number of rotatable bonds is 2. The first-order valence-corrected chi connectivity index (χ1v) is 4.60. The molecule has 0 fully saturated rings. The fourth-order valence-electron chi connectivity index (χ4n) is 0.933. The second-order valence-electron chi connectivity index (χ2n) is 3.17. The lowest BCUT2D eigenvalue weighted by atomic mass is 9.82. The molecule has 0 heterocycles. The Bertz CT molecular complexity index is 276. The summed E-state index contributed by atoms with van der Waals surface area (Å²) in [6.07, 6.45) is 0. The summed E-state index contributed by atoms with van der Waals surface area (Å²) < 4.78 is -0.464. The Morgan fingerprint density at radius 2 is 1.92 bits per heavy atom. The normalized spacial score (nSPS) is 15.2. The van der Waals surface area contributed by atoms with Gasteiger partial charge in [0.05, 0.1) is 4.22 Å². The molecule has 12 heavy (non-hydrogen) atoms. The van der Waals surface area contributed by atoms with Crippen molar-refractivity contribution in [2.24, 2.45) is 0 Å². The van der Waals surface area contributed by atoms with Crippen molar-refractivity contribution in [1.29, 1.82) is 0 Å². The van der Waals surface area contributed by atoms with Gasteiger partial charge in [-0.3, -0.25) is 4.79 Å². The van der Waals surface area contributed by atoms with Gasteiger partial charge in [-0.2, -0.15) is 0 Å². The Kier molecular flexibility index (Phi) is 2.73. The minimum absolute atomic E-state index is 0.114. The zero-order valence-electron chi connectivity index (χ0n) is 7.17. The van der Waals surface area contributed by atoms with Gasteiger partial charge in [-0.15, -0.1) is 0 Å². The largest absolute Gasteiger partial charge is 0.293 e. The number of hydrogen-bond donors (Lipinski definition) is 0. The van der Waals surface area contributed by atoms with E-state index in [0.29, 0.717) is 0 Å². The maximum atomic E-state index is 11.6. The molecule has 0 amide bonds. The number of Topliss-reactive ketones (excluding diaryl/α,β-unsaturated/α-hetero) is 1. The average Bonchev–Trinajstić information content (AvgIpc) is 2.03. The molecule has 0 saturated carbocycles. The Morgan fingerprint density at radius 1 is 1.42 bits per heavy atom. The van der Waals surface area contributed by atoms with Crippen LogP contribution in [0.2, 0.25) is 0 Å². The van der Waals surface area contributed by atoms with Gasteiger partial charge >= 0.3 is 0 Å². The van der Waals surface area contributed by atoms with E-state index in [4.69, 9.17) is 0 Å². The molecule has 62 valence electrons. The minimum atomic E-state index is -0.464. The Morgan fingerprint density at radius 3 is 2.33 bits per heavy atom. The Balaban J connectivity index is 2.94. The lowest BCUT2D eigenvalue weighted by Crippen LogP contribution is -2.28. The smallest absolute Gasteiger partial charge is 0.170 e. The average molecular weight is 225 g/mol. The van der Waals surface area contributed by atoms with E-state index in [0.717, 1.165) is 5.56 Å². The van der Waals surface area contributed by atoms with Crippen LogP contribution >= 0.6 is 15.9 Å². The molecule has 0 bridgehead atoms. The zero-order valence-corrected chi connectivity index (χ0v) is 8.76. The fraction of sp³-hybridized carbons (Fsp3) is 0.222. The maximum Gasteiger partial charge on any atom is 0.170 e. The van der Waals surface area contributed by atoms with Gasteiger partial charge in [0.25, 0.3) is 0 Å². The summed E-state index contributed by atoms with van der Waals surface area (Å²) in [5, 5.41) is 0. The van der Waals surface area contributed by atoms with Crippen molar-refractivity contribution < 1.29 is 4.79 Å². The summed E-state index contributed by atoms with van der Waals surface area (Å²) >= 11 is 3.33. The first kappa shape index (κ1) is 9.52. The summed E-state index contributed by atoms with van der Waals surface area (Å²) in [6.45, 7) is 1.85. The van der Waals surface area contributed by atoms with Gasteiger partial charge in [-0.05, 0) is 0 Å². The summed E-state index contributed by atoms with van der Waals surface area (Å²) in [5.41, 5.74) is 0.749. The van der Waals surface area contributed by atoms with Crippen LogP contribution in [0.15, 0.2) is 30.3 Å². The van der Waals surface area contributed by atoms with E-state index in [2.05, 4.69) is 15.9 Å². The predicted octanol–water partition coefficient (Wildman–Crippen LogP) is 1.61. The fourth-order valence-corrected chi connectivity index (χ4v) is 1.16. The number of carbonyl (C=O) groups excluding carboxylic acids is 1. The molecule has 0 aliphatic rings. The minimum Gasteiger partial charge on any atom is -0.293 e. The van der Waals surface area contributed by atoms with Gasteiger partial charge in [0.2, 0.25) is 0 Å². The Labute approximate surface area is 81.7 Å². The van der Waals surface area contributed by atoms with Crippen LogP contribution in [0.4, 0.5) is 0 Å². The highest BCUT2D eigenvalue weighted by Crippen LogP contribution is 2.18. The molecule has 1 aromatic carbocycles. The number of carbonyl (C=O) groups is 1. The predicted molar refractivity (Wildman–Crippen MR) is 56.6 cm³/mol. The molecule has 1 aromatic rings. The van der Waals surface area contributed by atoms with E-state index in [1.807, 2.05) is 45.1 Å². The van der Waals surface area contributed by atoms with Crippen LogP contribution in [0.1, 0.15) is 17.3 Å². The lowest BCUT2D eigenvalue weighted by molar-refractivity contribution is 0.0983. The second-order valence-corrected chi connectivity index (χ2v) is 5.15. The van der Waals surface area contributed by atoms with Crippen LogP contribution in [-0.4, -0.2) is 17.9 Å². The van der Waals surface area contributed by atoms with E-state index in [-0.39, 0.29) is 5.78 Å². The molecule has 0 aliphatic heterocycles. The molecule has 1 nitrogen and oxygen atoms in total. The van der Waals surface area contributed by atoms with Gasteiger partial charge in [0.15, 0.2) is 5.78 Å². The van der Waals surface area contributed by atoms with Crippen LogP contribution in [0.25, 0.3) is 0 Å². The van der Waals surface area contributed by atoms with E-state index in [9.17, 15) is 4.79 Å². The number of alkyl halides is 1. The third kappa shape index (κ3) is 2.21. The molecule has 0 aliphatic carbocycles. The highest BCUT2D eigenvalue weighted by atomic mass is 79.9. The molecule has 1 unspecified atom stereocenters. The third-order valence-corrected chi connectivity index (χ3v) is 1.94. The van der Waals surface area contributed by atoms with Crippen molar-refractivity contribution in [3.05, 3.63) is 35.9 Å². The molecule has 0 spiro atoms. The number of hydrogen-bond acceptors (Lipinski definition) is 1. The molecular formula is C9H10BBrO. The van der Waals surface area contributed by atoms with Gasteiger partial charge in [-0.25, -0.2) is 0 Å². The van der Waals surface area contributed by atoms with Gasteiger partial charge in [-0.1, -0.05) is 53.2 Å². The molecule has 0 saturated heterocycles. The highest BCUT2D eigenvalue weighted by molar-refractivity contribution is 9.10. The summed E-state index contributed by atoms with van der Waals surface area (Å²) in [6, 6.07) is 9.28. The first-order valence-electron chi connectivity index (χ1n) is 3.80. The first-order chi connectivity index (χ1) is 5.52. The van der Waals surface area contributed by atoms with E-state index >= 15 is 0 Å². The SMILES string of the molecule is BC(C)(Br)C(=O)c1ccccc1. The van der Waals surface area contributed by atoms with Gasteiger partial charge < -0.3 is 0 Å². The van der Waals surface area contributed by atoms with Crippen molar-refractivity contribution in [2.45, 2.75) is 11.1 Å². The van der Waals surface area contributed by atoms with Crippen LogP contribution in [0, 0.1) is 0 Å². The maximum absolute atomic E-state index is 11.6. The molecule has 1 rings (SSSR count). The third-order valence-electron chi connectivity index (χ3n) is 1.58. The van der Waals surface area contributed by atoms with E-state index in [1.54, 1.807) is 0 Å². The molecular weight excluding hydrogens is 215 g/mol. The van der Waals surface area contributed by atoms with Crippen molar-refractivity contribution in [2.75, 3.05) is 0 Å². The lowest BCUT2D eigenvalue weighted by Gasteiger charge is -2.13. The van der Waals surface area contributed by atoms with E-state index < -0.39 is 4.22 Å². The van der Waals surface area contributed by atoms with Gasteiger partial charge in [0.1, 0.15) is 7.85 Å². The van der Waals surface area contributed by atoms with E-state index in [1.165, 1.54) is 0 Å². The van der Waals surface area contributed by atoms with Crippen LogP contribution in [0.3, 0.4) is 0 Å². The number of ketones is 1. The summed E-state index contributed by atoms with van der Waals surface area (Å²) in [5.74, 6) is 0.114. The van der Waals surface area contributed by atoms with Crippen molar-refractivity contribution >= 4 is 29.6 Å². The second kappa shape index (κ2) is 3.44. The number of benzene rings is 1. The van der Waals surface area contributed by atoms with Crippen LogP contribution < -0.4 is 0 Å². The van der Waals surface area contributed by atoms with Crippen molar-refractivity contribution in [3.8, 4) is 0 Å². The topological polar surface area (TPSA) is 17.1 Å². The molecule has 3 heteroatoms. The molecule has 0 aromatic heterocycles. The standard InChI is InChI=1S/C9H10BBrO/c1-9(10,11)8(12)7-5-3-2-4-6-7/h2-6H,10H2,1H3. The van der Waals surface area contributed by atoms with Crippen molar-refractivity contribution in [1.82, 2.24) is 0 Å². The molecule has 1 atom stereocenters. The highest BCUT2D eigenvalue weighted by Gasteiger charge is 2.24. The Hall–Kier alpha value is -0.565. The monoisotopic (exact) mass is 224 g/mol. The van der Waals surface area contributed by atoms with Gasteiger partial charge in [0, 0.05) is 5.56 Å². The zero-order chi connectivity index (χ0) is 9.19. The quantitative estimate of drug-likeness (QED) is 0.424. The molecule has 0 N–H and O–H groups in total. The van der Waals surface area contributed by atoms with Crippen molar-refractivity contribution in [3.63, 3.8) is 0 Å².